The summed E-state index contributed by atoms with van der Waals surface area (Å²) < 4.78 is 5.89. The predicted molar refractivity (Wildman–Crippen MR) is 82.6 cm³/mol. The molecule has 1 aromatic carbocycles. The van der Waals surface area contributed by atoms with Crippen LogP contribution < -0.4 is 10.5 Å². The fourth-order valence-corrected chi connectivity index (χ4v) is 2.29. The van der Waals surface area contributed by atoms with Crippen LogP contribution in [0.15, 0.2) is 24.3 Å². The standard InChI is InChI=1S/C16H28N2O/c1-4-11-18(12-5-2)15(6-3)13-19-16-9-7-14(17)8-10-16/h7-10,15H,4-6,11-13,17H2,1-3H3. The summed E-state index contributed by atoms with van der Waals surface area (Å²) in [5.41, 5.74) is 6.45. The highest BCUT2D eigenvalue weighted by Crippen LogP contribution is 2.15. The van der Waals surface area contributed by atoms with Gasteiger partial charge in [0.1, 0.15) is 12.4 Å². The van der Waals surface area contributed by atoms with Gasteiger partial charge in [-0.3, -0.25) is 4.90 Å². The van der Waals surface area contributed by atoms with Gasteiger partial charge < -0.3 is 10.5 Å². The lowest BCUT2D eigenvalue weighted by atomic mass is 10.2. The largest absolute Gasteiger partial charge is 0.492 e. The molecule has 3 nitrogen and oxygen atoms in total. The van der Waals surface area contributed by atoms with Crippen molar-refractivity contribution in [3.63, 3.8) is 0 Å². The van der Waals surface area contributed by atoms with Crippen molar-refractivity contribution in [2.24, 2.45) is 0 Å². The fourth-order valence-electron chi connectivity index (χ4n) is 2.29. The molecule has 1 rings (SSSR count). The van der Waals surface area contributed by atoms with Crippen LogP contribution in [0.2, 0.25) is 0 Å². The van der Waals surface area contributed by atoms with Crippen LogP contribution in [0, 0.1) is 0 Å². The highest BCUT2D eigenvalue weighted by Gasteiger charge is 2.15. The molecule has 0 radical (unpaired) electrons. The number of anilines is 1. The van der Waals surface area contributed by atoms with Crippen molar-refractivity contribution in [2.75, 3.05) is 25.4 Å². The monoisotopic (exact) mass is 264 g/mol. The Morgan fingerprint density at radius 2 is 1.63 bits per heavy atom. The minimum atomic E-state index is 0.498. The molecule has 1 unspecified atom stereocenters. The SMILES string of the molecule is CCCN(CCC)C(CC)COc1ccc(N)cc1. The first-order valence-electron chi connectivity index (χ1n) is 7.43. The molecule has 0 fully saturated rings. The number of hydrogen-bond acceptors (Lipinski definition) is 3. The Bertz CT molecular complexity index is 331. The summed E-state index contributed by atoms with van der Waals surface area (Å²) in [4.78, 5) is 2.54. The van der Waals surface area contributed by atoms with Crippen molar-refractivity contribution in [2.45, 2.75) is 46.1 Å². The first kappa shape index (κ1) is 15.8. The molecule has 0 saturated heterocycles. The van der Waals surface area contributed by atoms with Crippen LogP contribution in [0.4, 0.5) is 5.69 Å². The number of ether oxygens (including phenoxy) is 1. The lowest BCUT2D eigenvalue weighted by Gasteiger charge is -2.30. The number of benzene rings is 1. The molecule has 1 aromatic rings. The predicted octanol–water partition coefficient (Wildman–Crippen LogP) is 3.55. The summed E-state index contributed by atoms with van der Waals surface area (Å²) >= 11 is 0. The minimum Gasteiger partial charge on any atom is -0.492 e. The molecule has 0 spiro atoms. The summed E-state index contributed by atoms with van der Waals surface area (Å²) in [6.07, 6.45) is 3.51. The van der Waals surface area contributed by atoms with Gasteiger partial charge in [-0.1, -0.05) is 20.8 Å². The van der Waals surface area contributed by atoms with Gasteiger partial charge in [-0.25, -0.2) is 0 Å². The average Bonchev–Trinajstić information content (AvgIpc) is 2.42. The molecule has 0 aliphatic rings. The zero-order valence-electron chi connectivity index (χ0n) is 12.6. The number of rotatable bonds is 9. The van der Waals surface area contributed by atoms with Gasteiger partial charge in [0.05, 0.1) is 0 Å². The second-order valence-electron chi connectivity index (χ2n) is 4.98. The number of nitrogens with two attached hydrogens (primary N) is 1. The highest BCUT2D eigenvalue weighted by atomic mass is 16.5. The molecule has 0 amide bonds. The molecule has 2 N–H and O–H groups in total. The van der Waals surface area contributed by atoms with E-state index in [4.69, 9.17) is 10.5 Å². The van der Waals surface area contributed by atoms with E-state index in [0.717, 1.165) is 37.6 Å². The van der Waals surface area contributed by atoms with Crippen molar-refractivity contribution < 1.29 is 4.74 Å². The molecule has 0 aliphatic heterocycles. The van der Waals surface area contributed by atoms with Crippen LogP contribution in [0.3, 0.4) is 0 Å². The van der Waals surface area contributed by atoms with E-state index >= 15 is 0 Å². The van der Waals surface area contributed by atoms with E-state index in [1.54, 1.807) is 0 Å². The summed E-state index contributed by atoms with van der Waals surface area (Å²) in [5.74, 6) is 0.903. The van der Waals surface area contributed by atoms with Gasteiger partial charge in [0.15, 0.2) is 0 Å². The van der Waals surface area contributed by atoms with Crippen molar-refractivity contribution >= 4 is 5.69 Å². The Labute approximate surface area is 117 Å². The molecule has 0 saturated carbocycles. The maximum absolute atomic E-state index is 5.89. The van der Waals surface area contributed by atoms with Crippen molar-refractivity contribution in [1.29, 1.82) is 0 Å². The number of hydrogen-bond donors (Lipinski definition) is 1. The molecule has 3 heteroatoms. The molecule has 0 bridgehead atoms. The maximum atomic E-state index is 5.89. The van der Waals surface area contributed by atoms with E-state index < -0.39 is 0 Å². The van der Waals surface area contributed by atoms with E-state index in [2.05, 4.69) is 25.7 Å². The van der Waals surface area contributed by atoms with Crippen molar-refractivity contribution in [1.82, 2.24) is 4.90 Å². The molecule has 108 valence electrons. The summed E-state index contributed by atoms with van der Waals surface area (Å²) in [7, 11) is 0. The average molecular weight is 264 g/mol. The number of nitrogen functional groups attached to an aromatic ring is 1. The Morgan fingerprint density at radius 3 is 2.11 bits per heavy atom. The second kappa shape index (κ2) is 8.81. The molecule has 19 heavy (non-hydrogen) atoms. The molecular weight excluding hydrogens is 236 g/mol. The Hall–Kier alpha value is -1.22. The third-order valence-corrected chi connectivity index (χ3v) is 3.33. The highest BCUT2D eigenvalue weighted by molar-refractivity contribution is 5.41. The van der Waals surface area contributed by atoms with Crippen LogP contribution in [0.1, 0.15) is 40.0 Å². The fraction of sp³-hybridized carbons (Fsp3) is 0.625. The molecule has 0 heterocycles. The van der Waals surface area contributed by atoms with Gasteiger partial charge in [-0.05, 0) is 56.6 Å². The van der Waals surface area contributed by atoms with Gasteiger partial charge >= 0.3 is 0 Å². The molecule has 0 aliphatic carbocycles. The summed E-state index contributed by atoms with van der Waals surface area (Å²) in [6.45, 7) is 9.75. The third kappa shape index (κ3) is 5.52. The topological polar surface area (TPSA) is 38.5 Å². The van der Waals surface area contributed by atoms with E-state index in [1.807, 2.05) is 24.3 Å². The van der Waals surface area contributed by atoms with Crippen LogP contribution in [0.25, 0.3) is 0 Å². The van der Waals surface area contributed by atoms with Crippen molar-refractivity contribution in [3.8, 4) is 5.75 Å². The first-order valence-corrected chi connectivity index (χ1v) is 7.43. The van der Waals surface area contributed by atoms with E-state index in [0.29, 0.717) is 6.04 Å². The van der Waals surface area contributed by atoms with Crippen molar-refractivity contribution in [3.05, 3.63) is 24.3 Å². The van der Waals surface area contributed by atoms with E-state index in [-0.39, 0.29) is 0 Å². The summed E-state index contributed by atoms with van der Waals surface area (Å²) in [6, 6.07) is 8.13. The minimum absolute atomic E-state index is 0.498. The number of nitrogens with zero attached hydrogens (tertiary/aromatic N) is 1. The van der Waals surface area contributed by atoms with Crippen LogP contribution in [-0.2, 0) is 0 Å². The van der Waals surface area contributed by atoms with Crippen LogP contribution in [-0.4, -0.2) is 30.6 Å². The Morgan fingerprint density at radius 1 is 1.05 bits per heavy atom. The quantitative estimate of drug-likeness (QED) is 0.693. The Balaban J connectivity index is 2.52. The summed E-state index contributed by atoms with van der Waals surface area (Å²) in [5, 5.41) is 0. The van der Waals surface area contributed by atoms with Gasteiger partial charge in [-0.15, -0.1) is 0 Å². The lowest BCUT2D eigenvalue weighted by molar-refractivity contribution is 0.130. The smallest absolute Gasteiger partial charge is 0.119 e. The van der Waals surface area contributed by atoms with Gasteiger partial charge in [0.2, 0.25) is 0 Å². The van der Waals surface area contributed by atoms with Gasteiger partial charge in [-0.2, -0.15) is 0 Å². The molecule has 1 atom stereocenters. The van der Waals surface area contributed by atoms with E-state index in [9.17, 15) is 0 Å². The second-order valence-corrected chi connectivity index (χ2v) is 4.98. The third-order valence-electron chi connectivity index (χ3n) is 3.33. The maximum Gasteiger partial charge on any atom is 0.119 e. The first-order chi connectivity index (χ1) is 9.21. The molecular formula is C16H28N2O. The molecule has 0 aromatic heterocycles. The lowest BCUT2D eigenvalue weighted by Crippen LogP contribution is -2.40. The zero-order chi connectivity index (χ0) is 14.1. The van der Waals surface area contributed by atoms with Crippen LogP contribution in [0.5, 0.6) is 5.75 Å². The van der Waals surface area contributed by atoms with Gasteiger partial charge in [0, 0.05) is 11.7 Å². The van der Waals surface area contributed by atoms with Crippen LogP contribution >= 0.6 is 0 Å². The Kier molecular flexibility index (Phi) is 7.34. The van der Waals surface area contributed by atoms with E-state index in [1.165, 1.54) is 12.8 Å². The zero-order valence-corrected chi connectivity index (χ0v) is 12.6. The van der Waals surface area contributed by atoms with Gasteiger partial charge in [0.25, 0.3) is 0 Å². The normalized spacial score (nSPS) is 12.6.